The smallest absolute Gasteiger partial charge is 0.328 e. The fourth-order valence-electron chi connectivity index (χ4n) is 2.31. The van der Waals surface area contributed by atoms with Crippen molar-refractivity contribution in [2.75, 3.05) is 13.7 Å². The van der Waals surface area contributed by atoms with Gasteiger partial charge in [-0.3, -0.25) is 4.79 Å². The van der Waals surface area contributed by atoms with Gasteiger partial charge in [0.05, 0.1) is 12.6 Å². The van der Waals surface area contributed by atoms with Crippen LogP contribution >= 0.6 is 0 Å². The summed E-state index contributed by atoms with van der Waals surface area (Å²) in [5.74, 6) is -0.464. The van der Waals surface area contributed by atoms with Crippen LogP contribution in [0, 0.1) is 5.92 Å². The average molecular weight is 306 g/mol. The highest BCUT2D eigenvalue weighted by atomic mass is 16.5. The maximum Gasteiger partial charge on any atom is 0.328 e. The molecule has 0 aliphatic heterocycles. The molecule has 1 aromatic rings. The Morgan fingerprint density at radius 1 is 1.18 bits per heavy atom. The van der Waals surface area contributed by atoms with Crippen LogP contribution < -0.4 is 10.6 Å². The van der Waals surface area contributed by atoms with Crippen LogP contribution in [0.15, 0.2) is 30.3 Å². The van der Waals surface area contributed by atoms with E-state index in [2.05, 4.69) is 10.6 Å². The van der Waals surface area contributed by atoms with Crippen LogP contribution in [0.5, 0.6) is 0 Å². The third-order valence-electron chi connectivity index (χ3n) is 3.43. The van der Waals surface area contributed by atoms with Crippen LogP contribution in [0.2, 0.25) is 0 Å². The number of ether oxygens (including phenoxy) is 1. The van der Waals surface area contributed by atoms with Crippen LogP contribution in [0.1, 0.15) is 26.3 Å². The average Bonchev–Trinajstić information content (AvgIpc) is 2.48. The number of carbonyl (C=O) groups is 2. The monoisotopic (exact) mass is 306 g/mol. The summed E-state index contributed by atoms with van der Waals surface area (Å²) in [5, 5.41) is 5.78. The molecule has 5 nitrogen and oxygen atoms in total. The molecule has 0 aromatic heterocycles. The first kappa shape index (κ1) is 18.2. The topological polar surface area (TPSA) is 67.4 Å². The van der Waals surface area contributed by atoms with Gasteiger partial charge in [0, 0.05) is 6.42 Å². The van der Waals surface area contributed by atoms with E-state index < -0.39 is 12.0 Å². The highest BCUT2D eigenvalue weighted by Gasteiger charge is 2.27. The molecular formula is C17H26N2O3. The third kappa shape index (κ3) is 5.48. The van der Waals surface area contributed by atoms with Gasteiger partial charge in [0.15, 0.2) is 0 Å². The number of hydrogen-bond donors (Lipinski definition) is 2. The largest absolute Gasteiger partial charge is 0.464 e. The van der Waals surface area contributed by atoms with Gasteiger partial charge < -0.3 is 15.4 Å². The van der Waals surface area contributed by atoms with E-state index in [1.54, 1.807) is 14.0 Å². The lowest BCUT2D eigenvalue weighted by Crippen LogP contribution is -2.52. The van der Waals surface area contributed by atoms with E-state index in [1.165, 1.54) is 0 Å². The van der Waals surface area contributed by atoms with E-state index in [-0.39, 0.29) is 17.9 Å². The van der Waals surface area contributed by atoms with Gasteiger partial charge in [0.1, 0.15) is 6.04 Å². The first-order chi connectivity index (χ1) is 10.5. The minimum Gasteiger partial charge on any atom is -0.464 e. The second-order valence-corrected chi connectivity index (χ2v) is 5.51. The van der Waals surface area contributed by atoms with Crippen molar-refractivity contribution in [3.05, 3.63) is 35.9 Å². The molecule has 122 valence electrons. The summed E-state index contributed by atoms with van der Waals surface area (Å²) in [6, 6.07) is 8.56. The summed E-state index contributed by atoms with van der Waals surface area (Å²) in [6.45, 7) is 5.96. The summed E-state index contributed by atoms with van der Waals surface area (Å²) in [4.78, 5) is 24.5. The fraction of sp³-hybridized carbons (Fsp3) is 0.529. The second kappa shape index (κ2) is 9.20. The molecule has 0 aliphatic carbocycles. The maximum absolute atomic E-state index is 12.3. The van der Waals surface area contributed by atoms with Crippen molar-refractivity contribution in [1.29, 1.82) is 0 Å². The minimum atomic E-state index is -0.676. The number of esters is 1. The van der Waals surface area contributed by atoms with Gasteiger partial charge in [0.2, 0.25) is 5.91 Å². The molecule has 0 heterocycles. The van der Waals surface area contributed by atoms with Crippen molar-refractivity contribution in [2.45, 2.75) is 39.3 Å². The van der Waals surface area contributed by atoms with Crippen LogP contribution in [-0.2, 0) is 20.7 Å². The predicted octanol–water partition coefficient (Wildman–Crippen LogP) is 1.52. The minimum absolute atomic E-state index is 0.129. The molecule has 0 spiro atoms. The van der Waals surface area contributed by atoms with Crippen LogP contribution in [0.4, 0.5) is 0 Å². The van der Waals surface area contributed by atoms with Crippen molar-refractivity contribution >= 4 is 11.9 Å². The molecule has 0 unspecified atom stereocenters. The first-order valence-electron chi connectivity index (χ1n) is 7.67. The molecule has 1 rings (SSSR count). The molecule has 2 atom stereocenters. The van der Waals surface area contributed by atoms with Crippen LogP contribution in [0.3, 0.4) is 0 Å². The van der Waals surface area contributed by atoms with Crippen molar-refractivity contribution < 1.29 is 14.3 Å². The summed E-state index contributed by atoms with van der Waals surface area (Å²) in [6.07, 6.45) is 0.417. The second-order valence-electron chi connectivity index (χ2n) is 5.51. The van der Waals surface area contributed by atoms with E-state index in [9.17, 15) is 9.59 Å². The van der Waals surface area contributed by atoms with Gasteiger partial charge in [-0.05, 0) is 25.5 Å². The fourth-order valence-corrected chi connectivity index (χ4v) is 2.31. The van der Waals surface area contributed by atoms with E-state index in [4.69, 9.17) is 4.74 Å². The number of hydrogen-bond acceptors (Lipinski definition) is 4. The summed E-state index contributed by atoms with van der Waals surface area (Å²) < 4.78 is 5.08. The quantitative estimate of drug-likeness (QED) is 0.715. The Morgan fingerprint density at radius 2 is 1.82 bits per heavy atom. The van der Waals surface area contributed by atoms with Crippen LogP contribution in [0.25, 0.3) is 0 Å². The highest BCUT2D eigenvalue weighted by molar-refractivity contribution is 5.87. The van der Waals surface area contributed by atoms with E-state index >= 15 is 0 Å². The molecule has 0 saturated heterocycles. The number of amides is 1. The zero-order valence-electron chi connectivity index (χ0n) is 13.8. The van der Waals surface area contributed by atoms with Crippen LogP contribution in [-0.4, -0.2) is 37.6 Å². The lowest BCUT2D eigenvalue weighted by atomic mass is 10.0. The Labute approximate surface area is 132 Å². The molecule has 0 saturated carbocycles. The Balaban J connectivity index is 2.82. The zero-order valence-corrected chi connectivity index (χ0v) is 13.8. The Bertz CT molecular complexity index is 474. The molecule has 1 aromatic carbocycles. The normalized spacial score (nSPS) is 13.5. The van der Waals surface area contributed by atoms with Gasteiger partial charge >= 0.3 is 5.97 Å². The number of benzene rings is 1. The molecule has 2 N–H and O–H groups in total. The molecule has 5 heteroatoms. The predicted molar refractivity (Wildman–Crippen MR) is 86.4 cm³/mol. The van der Waals surface area contributed by atoms with Gasteiger partial charge in [-0.2, -0.15) is 0 Å². The molecular weight excluding hydrogens is 280 g/mol. The van der Waals surface area contributed by atoms with Crippen molar-refractivity contribution in [3.63, 3.8) is 0 Å². The summed E-state index contributed by atoms with van der Waals surface area (Å²) >= 11 is 0. The van der Waals surface area contributed by atoms with E-state index in [0.29, 0.717) is 13.0 Å². The lowest BCUT2D eigenvalue weighted by molar-refractivity contribution is -0.147. The van der Waals surface area contributed by atoms with Crippen molar-refractivity contribution in [2.24, 2.45) is 5.92 Å². The molecule has 0 aliphatic rings. The third-order valence-corrected chi connectivity index (χ3v) is 3.43. The van der Waals surface area contributed by atoms with Gasteiger partial charge in [-0.1, -0.05) is 44.2 Å². The standard InChI is InChI=1S/C17H26N2O3/c1-5-22-17(21)14(11-13-9-7-6-8-10-13)19-16(20)15(18-4)12(2)3/h6-10,12,14-15,18H,5,11H2,1-4H3,(H,19,20)/t14-,15-/m0/s1. The molecule has 1 amide bonds. The van der Waals surface area contributed by atoms with Gasteiger partial charge in [-0.25, -0.2) is 4.79 Å². The molecule has 0 fully saturated rings. The van der Waals surface area contributed by atoms with Crippen molar-refractivity contribution in [3.8, 4) is 0 Å². The lowest BCUT2D eigenvalue weighted by Gasteiger charge is -2.23. The maximum atomic E-state index is 12.3. The van der Waals surface area contributed by atoms with Gasteiger partial charge in [0.25, 0.3) is 0 Å². The first-order valence-corrected chi connectivity index (χ1v) is 7.67. The number of rotatable bonds is 8. The van der Waals surface area contributed by atoms with E-state index in [1.807, 2.05) is 44.2 Å². The number of nitrogens with one attached hydrogen (secondary N) is 2. The zero-order chi connectivity index (χ0) is 16.5. The Hall–Kier alpha value is -1.88. The van der Waals surface area contributed by atoms with E-state index in [0.717, 1.165) is 5.56 Å². The van der Waals surface area contributed by atoms with Crippen molar-refractivity contribution in [1.82, 2.24) is 10.6 Å². The molecule has 0 radical (unpaired) electrons. The Kier molecular flexibility index (Phi) is 7.60. The summed E-state index contributed by atoms with van der Waals surface area (Å²) in [7, 11) is 1.74. The highest BCUT2D eigenvalue weighted by Crippen LogP contribution is 2.07. The number of likely N-dealkylation sites (N-methyl/N-ethyl adjacent to an activating group) is 1. The SMILES string of the molecule is CCOC(=O)[C@H](Cc1ccccc1)NC(=O)[C@@H](NC)C(C)C. The van der Waals surface area contributed by atoms with Gasteiger partial charge in [-0.15, -0.1) is 0 Å². The molecule has 0 bridgehead atoms. The number of carbonyl (C=O) groups excluding carboxylic acids is 2. The molecule has 22 heavy (non-hydrogen) atoms. The summed E-state index contributed by atoms with van der Waals surface area (Å²) in [5.41, 5.74) is 0.978. The Morgan fingerprint density at radius 3 is 2.32 bits per heavy atom.